The molecular formula is C18H14N5O7P. The van der Waals surface area contributed by atoms with Crippen LogP contribution in [-0.2, 0) is 4.57 Å². The maximum absolute atomic E-state index is 13.9. The van der Waals surface area contributed by atoms with E-state index in [1.807, 2.05) is 0 Å². The highest BCUT2D eigenvalue weighted by molar-refractivity contribution is 7.77. The van der Waals surface area contributed by atoms with E-state index in [0.717, 1.165) is 0 Å². The Labute approximate surface area is 174 Å². The van der Waals surface area contributed by atoms with E-state index in [0.29, 0.717) is 22.7 Å². The molecule has 0 spiro atoms. The van der Waals surface area contributed by atoms with E-state index >= 15 is 0 Å². The molecule has 0 aliphatic carbocycles. The van der Waals surface area contributed by atoms with Crippen LogP contribution in [0.3, 0.4) is 0 Å². The third kappa shape index (κ3) is 4.39. The number of hydrazine groups is 1. The maximum atomic E-state index is 13.9. The third-order valence-electron chi connectivity index (χ3n) is 4.26. The van der Waals surface area contributed by atoms with Crippen LogP contribution in [-0.4, -0.2) is 14.8 Å². The van der Waals surface area contributed by atoms with Gasteiger partial charge in [0.05, 0.1) is 26.9 Å². The lowest BCUT2D eigenvalue weighted by Crippen LogP contribution is -2.31. The van der Waals surface area contributed by atoms with E-state index in [2.05, 4.69) is 10.6 Å². The van der Waals surface area contributed by atoms with Gasteiger partial charge in [-0.1, -0.05) is 36.4 Å². The van der Waals surface area contributed by atoms with Crippen LogP contribution in [0.25, 0.3) is 0 Å². The normalized spacial score (nSPS) is 11.0. The SMILES string of the molecule is O=[N+]([O-])c1cc([N+](=O)[O-])c(NNP(=O)(c2ccccc2)c2ccccc2)c([N+](=O)[O-])c1. The lowest BCUT2D eigenvalue weighted by atomic mass is 10.2. The highest BCUT2D eigenvalue weighted by Gasteiger charge is 2.33. The van der Waals surface area contributed by atoms with Crippen molar-refractivity contribution in [3.05, 3.63) is 103 Å². The number of nitrogens with zero attached hydrogens (tertiary/aromatic N) is 3. The Kier molecular flexibility index (Phi) is 6.05. The van der Waals surface area contributed by atoms with Gasteiger partial charge in [-0.2, -0.15) is 5.20 Å². The van der Waals surface area contributed by atoms with E-state index in [4.69, 9.17) is 0 Å². The van der Waals surface area contributed by atoms with Gasteiger partial charge in [0.15, 0.2) is 0 Å². The Morgan fingerprint density at radius 1 is 0.677 bits per heavy atom. The summed E-state index contributed by atoms with van der Waals surface area (Å²) in [7, 11) is -3.66. The van der Waals surface area contributed by atoms with Gasteiger partial charge >= 0.3 is 11.4 Å². The minimum Gasteiger partial charge on any atom is -0.303 e. The zero-order valence-corrected chi connectivity index (χ0v) is 16.5. The van der Waals surface area contributed by atoms with E-state index in [9.17, 15) is 34.9 Å². The number of nitro benzene ring substituents is 3. The van der Waals surface area contributed by atoms with Gasteiger partial charge in [-0.25, -0.2) is 0 Å². The second kappa shape index (κ2) is 8.69. The maximum Gasteiger partial charge on any atom is 0.307 e. The quantitative estimate of drug-likeness (QED) is 0.301. The molecule has 0 unspecified atom stereocenters. The Hall–Kier alpha value is -4.15. The summed E-state index contributed by atoms with van der Waals surface area (Å²) in [6, 6.07) is 17.4. The first-order chi connectivity index (χ1) is 14.7. The van der Waals surface area contributed by atoms with E-state index in [1.165, 1.54) is 0 Å². The highest BCUT2D eigenvalue weighted by Crippen LogP contribution is 2.42. The third-order valence-corrected chi connectivity index (χ3v) is 6.74. The second-order valence-electron chi connectivity index (χ2n) is 6.15. The van der Waals surface area contributed by atoms with E-state index < -0.39 is 44.8 Å². The second-order valence-corrected chi connectivity index (χ2v) is 8.62. The molecule has 12 nitrogen and oxygen atoms in total. The van der Waals surface area contributed by atoms with Gasteiger partial charge in [-0.3, -0.25) is 34.9 Å². The van der Waals surface area contributed by atoms with E-state index in [-0.39, 0.29) is 0 Å². The molecule has 0 aromatic heterocycles. The van der Waals surface area contributed by atoms with Crippen molar-refractivity contribution in [1.82, 2.24) is 5.20 Å². The molecule has 3 rings (SSSR count). The van der Waals surface area contributed by atoms with Crippen molar-refractivity contribution in [2.24, 2.45) is 0 Å². The summed E-state index contributed by atoms with van der Waals surface area (Å²) in [6.07, 6.45) is 0. The highest BCUT2D eigenvalue weighted by atomic mass is 31.2. The zero-order chi connectivity index (χ0) is 22.6. The van der Waals surface area contributed by atoms with Crippen molar-refractivity contribution in [1.29, 1.82) is 0 Å². The standard InChI is InChI=1S/C18H14N5O7P/c24-21(25)13-11-16(22(26)27)18(17(12-13)23(28)29)19-20-31(30,14-7-3-1-4-8-14)15-9-5-2-6-10-15/h1-12,19H,(H,20,30). The monoisotopic (exact) mass is 443 g/mol. The van der Waals surface area contributed by atoms with Gasteiger partial charge in [-0.05, 0) is 24.3 Å². The summed E-state index contributed by atoms with van der Waals surface area (Å²) in [6.45, 7) is 0. The molecular weight excluding hydrogens is 429 g/mol. The smallest absolute Gasteiger partial charge is 0.303 e. The molecule has 0 heterocycles. The lowest BCUT2D eigenvalue weighted by Gasteiger charge is -2.21. The van der Waals surface area contributed by atoms with Crippen LogP contribution >= 0.6 is 7.29 Å². The fraction of sp³-hybridized carbons (Fsp3) is 0. The molecule has 0 amide bonds. The number of anilines is 1. The molecule has 0 aliphatic heterocycles. The average molecular weight is 443 g/mol. The first kappa shape index (κ1) is 21.6. The van der Waals surface area contributed by atoms with Gasteiger partial charge in [0.25, 0.3) is 5.69 Å². The van der Waals surface area contributed by atoms with Crippen molar-refractivity contribution < 1.29 is 19.3 Å². The van der Waals surface area contributed by atoms with Crippen molar-refractivity contribution in [2.75, 3.05) is 5.43 Å². The number of nitrogens with one attached hydrogen (secondary N) is 2. The summed E-state index contributed by atoms with van der Waals surface area (Å²) in [4.78, 5) is 31.0. The first-order valence-electron chi connectivity index (χ1n) is 8.60. The molecule has 0 saturated carbocycles. The summed E-state index contributed by atoms with van der Waals surface area (Å²) in [5, 5.41) is 37.1. The molecule has 0 bridgehead atoms. The Morgan fingerprint density at radius 2 is 1.10 bits per heavy atom. The predicted molar refractivity (Wildman–Crippen MR) is 113 cm³/mol. The molecule has 0 atom stereocenters. The van der Waals surface area contributed by atoms with Crippen LogP contribution in [0.1, 0.15) is 0 Å². The molecule has 31 heavy (non-hydrogen) atoms. The van der Waals surface area contributed by atoms with Crippen LogP contribution in [0.15, 0.2) is 72.8 Å². The van der Waals surface area contributed by atoms with Gasteiger partial charge in [-0.15, -0.1) is 0 Å². The summed E-state index contributed by atoms with van der Waals surface area (Å²) < 4.78 is 13.9. The molecule has 158 valence electrons. The van der Waals surface area contributed by atoms with E-state index in [1.54, 1.807) is 60.7 Å². The molecule has 3 aromatic rings. The average Bonchev–Trinajstić information content (AvgIpc) is 2.77. The number of non-ortho nitro benzene ring substituents is 1. The predicted octanol–water partition coefficient (Wildman–Crippen LogP) is 3.26. The van der Waals surface area contributed by atoms with Gasteiger partial charge in [0.2, 0.25) is 13.0 Å². The van der Waals surface area contributed by atoms with Crippen LogP contribution in [0, 0.1) is 30.3 Å². The number of hydrogen-bond donors (Lipinski definition) is 2. The fourth-order valence-electron chi connectivity index (χ4n) is 2.81. The van der Waals surface area contributed by atoms with Crippen molar-refractivity contribution in [3.63, 3.8) is 0 Å². The van der Waals surface area contributed by atoms with Crippen LogP contribution in [0.4, 0.5) is 22.7 Å². The molecule has 13 heteroatoms. The van der Waals surface area contributed by atoms with Crippen molar-refractivity contribution in [2.45, 2.75) is 0 Å². The van der Waals surface area contributed by atoms with Crippen LogP contribution in [0.2, 0.25) is 0 Å². The molecule has 0 saturated heterocycles. The van der Waals surface area contributed by atoms with Crippen molar-refractivity contribution in [3.8, 4) is 0 Å². The zero-order valence-electron chi connectivity index (χ0n) is 15.6. The molecule has 0 fully saturated rings. The Bertz CT molecular complexity index is 1130. The number of nitro groups is 3. The molecule has 3 aromatic carbocycles. The van der Waals surface area contributed by atoms with Gasteiger partial charge in [0, 0.05) is 10.6 Å². The summed E-state index contributed by atoms with van der Waals surface area (Å²) in [5.74, 6) is 0. The largest absolute Gasteiger partial charge is 0.307 e. The van der Waals surface area contributed by atoms with Crippen LogP contribution < -0.4 is 21.2 Å². The van der Waals surface area contributed by atoms with Crippen LogP contribution in [0.5, 0.6) is 0 Å². The Morgan fingerprint density at radius 3 is 1.45 bits per heavy atom. The number of benzene rings is 3. The Balaban J connectivity index is 2.12. The molecule has 0 radical (unpaired) electrons. The van der Waals surface area contributed by atoms with Gasteiger partial charge < -0.3 is 5.43 Å². The summed E-state index contributed by atoms with van der Waals surface area (Å²) >= 11 is 0. The van der Waals surface area contributed by atoms with Crippen molar-refractivity contribution >= 4 is 40.7 Å². The number of rotatable bonds is 8. The van der Waals surface area contributed by atoms with Gasteiger partial charge in [0.1, 0.15) is 0 Å². The minimum atomic E-state index is -3.66. The number of hydrogen-bond acceptors (Lipinski definition) is 8. The summed E-state index contributed by atoms with van der Waals surface area (Å²) in [5.41, 5.74) is -0.983. The topological polar surface area (TPSA) is 171 Å². The molecule has 2 N–H and O–H groups in total. The lowest BCUT2D eigenvalue weighted by molar-refractivity contribution is -0.401. The minimum absolute atomic E-state index is 0.334. The molecule has 0 aliphatic rings. The fourth-order valence-corrected chi connectivity index (χ4v) is 4.82. The first-order valence-corrected chi connectivity index (χ1v) is 10.3.